The van der Waals surface area contributed by atoms with Crippen LogP contribution in [0.2, 0.25) is 0 Å². The monoisotopic (exact) mass is 1050 g/mol. The van der Waals surface area contributed by atoms with Crippen LogP contribution < -0.4 is 0 Å². The minimum Gasteiger partial charge on any atom is -0.459 e. The molecule has 18 nitrogen and oxygen atoms in total. The summed E-state index contributed by atoms with van der Waals surface area (Å²) < 4.78 is 60.5. The molecule has 3 saturated heterocycles. The Kier molecular flexibility index (Phi) is 22.4. The second kappa shape index (κ2) is 26.7. The van der Waals surface area contributed by atoms with Crippen LogP contribution in [0.4, 0.5) is 4.39 Å². The van der Waals surface area contributed by atoms with Crippen molar-refractivity contribution in [1.82, 2.24) is 24.8 Å². The van der Waals surface area contributed by atoms with Gasteiger partial charge in [-0.1, -0.05) is 63.6 Å². The van der Waals surface area contributed by atoms with E-state index in [1.54, 1.807) is 61.8 Å². The average molecular weight is 1050 g/mol. The smallest absolute Gasteiger partial charge is 0.311 e. The average Bonchev–Trinajstić information content (AvgIpc) is 3.83. The van der Waals surface area contributed by atoms with Crippen LogP contribution in [0, 0.1) is 17.8 Å². The molecule has 1 aromatic carbocycles. The Morgan fingerprint density at radius 2 is 1.62 bits per heavy atom. The molecular weight excluding hydrogens is 958 g/mol. The van der Waals surface area contributed by atoms with E-state index in [4.69, 9.17) is 33.2 Å². The number of likely N-dealkylation sites (N-methyl/N-ethyl adjacent to an activating group) is 2. The van der Waals surface area contributed by atoms with Crippen molar-refractivity contribution in [1.29, 1.82) is 0 Å². The third kappa shape index (κ3) is 14.7. The number of aliphatic hydroxyl groups is 5. The molecule has 0 radical (unpaired) electrons. The van der Waals surface area contributed by atoms with E-state index in [1.807, 2.05) is 49.9 Å². The molecule has 3 aliphatic heterocycles. The van der Waals surface area contributed by atoms with Gasteiger partial charge < -0.3 is 68.5 Å². The number of carbonyl (C=O) groups is 1. The molecule has 1 aromatic heterocycles. The molecule has 0 bridgehead atoms. The third-order valence-electron chi connectivity index (χ3n) is 16.6. The van der Waals surface area contributed by atoms with Crippen LogP contribution in [0.5, 0.6) is 0 Å². The summed E-state index contributed by atoms with van der Waals surface area (Å²) in [6.07, 6.45) is -4.61. The molecule has 0 spiro atoms. The van der Waals surface area contributed by atoms with Crippen molar-refractivity contribution in [2.24, 2.45) is 17.8 Å². The number of carbonyl (C=O) groups excluding carboxylic acids is 1. The molecule has 0 saturated carbocycles. The van der Waals surface area contributed by atoms with E-state index >= 15 is 0 Å². The minimum atomic E-state index is -1.85. The maximum Gasteiger partial charge on any atom is 0.311 e. The fourth-order valence-corrected chi connectivity index (χ4v) is 11.8. The van der Waals surface area contributed by atoms with Crippen molar-refractivity contribution < 1.29 is 67.9 Å². The predicted octanol–water partition coefficient (Wildman–Crippen LogP) is 5.35. The van der Waals surface area contributed by atoms with Crippen LogP contribution in [0.1, 0.15) is 144 Å². The van der Waals surface area contributed by atoms with E-state index in [9.17, 15) is 34.7 Å². The zero-order chi connectivity index (χ0) is 55.0. The quantitative estimate of drug-likeness (QED) is 0.119. The first-order valence-corrected chi connectivity index (χ1v) is 27.1. The normalized spacial score (nSPS) is 39.3. The van der Waals surface area contributed by atoms with Crippen LogP contribution in [-0.4, -0.2) is 195 Å². The number of aliphatic hydroxyl groups excluding tert-OH is 3. The molecule has 20 atom stereocenters. The summed E-state index contributed by atoms with van der Waals surface area (Å²) in [5.41, 5.74) is -1.87. The zero-order valence-corrected chi connectivity index (χ0v) is 47.1. The van der Waals surface area contributed by atoms with Crippen molar-refractivity contribution in [3.05, 3.63) is 47.3 Å². The minimum absolute atomic E-state index is 0.0890. The molecule has 5 rings (SSSR count). The van der Waals surface area contributed by atoms with Gasteiger partial charge >= 0.3 is 5.97 Å². The Bertz CT molecular complexity index is 2020. The Balaban J connectivity index is 1.43. The molecule has 3 fully saturated rings. The summed E-state index contributed by atoms with van der Waals surface area (Å²) in [5, 5.41) is 68.6. The summed E-state index contributed by atoms with van der Waals surface area (Å²) in [6, 6.07) is 6.29. The van der Waals surface area contributed by atoms with Crippen LogP contribution >= 0.6 is 0 Å². The van der Waals surface area contributed by atoms with Gasteiger partial charge in [-0.2, -0.15) is 0 Å². The second-order valence-corrected chi connectivity index (χ2v) is 22.8. The van der Waals surface area contributed by atoms with Crippen molar-refractivity contribution in [2.45, 2.75) is 230 Å². The zero-order valence-electron chi connectivity index (χ0n) is 47.1. The Morgan fingerprint density at radius 3 is 2.23 bits per heavy atom. The van der Waals surface area contributed by atoms with Crippen molar-refractivity contribution >= 4 is 5.97 Å². The maximum absolute atomic E-state index is 14.8. The number of benzene rings is 1. The molecule has 2 aromatic rings. The highest BCUT2D eigenvalue weighted by Crippen LogP contribution is 2.41. The molecule has 3 aliphatic rings. The second-order valence-electron chi connectivity index (χ2n) is 22.8. The molecule has 0 unspecified atom stereocenters. The molecule has 0 amide bonds. The number of unbranched alkanes of at least 4 members (excludes halogenated alkanes) is 1. The van der Waals surface area contributed by atoms with Crippen molar-refractivity contribution in [2.75, 3.05) is 48.1 Å². The van der Waals surface area contributed by atoms with Crippen LogP contribution in [0.25, 0.3) is 0 Å². The van der Waals surface area contributed by atoms with Gasteiger partial charge in [-0.05, 0) is 112 Å². The number of cyclic esters (lactones) is 1. The van der Waals surface area contributed by atoms with Crippen molar-refractivity contribution in [3.63, 3.8) is 0 Å². The van der Waals surface area contributed by atoms with Gasteiger partial charge in [0.1, 0.15) is 48.8 Å². The third-order valence-corrected chi connectivity index (χ3v) is 16.6. The molecule has 74 heavy (non-hydrogen) atoms. The number of hydrogen-bond donors (Lipinski definition) is 5. The van der Waals surface area contributed by atoms with Gasteiger partial charge in [0.05, 0.1) is 47.2 Å². The van der Waals surface area contributed by atoms with E-state index in [1.165, 1.54) is 24.3 Å². The number of rotatable bonds is 18. The number of aromatic nitrogens is 3. The van der Waals surface area contributed by atoms with Crippen LogP contribution in [0.3, 0.4) is 0 Å². The molecule has 5 N–H and O–H groups in total. The van der Waals surface area contributed by atoms with E-state index in [2.05, 4.69) is 29.4 Å². The van der Waals surface area contributed by atoms with Gasteiger partial charge in [-0.25, -0.2) is 9.07 Å². The van der Waals surface area contributed by atoms with Gasteiger partial charge in [-0.3, -0.25) is 4.79 Å². The van der Waals surface area contributed by atoms with E-state index in [0.29, 0.717) is 31.6 Å². The molecule has 0 aliphatic carbocycles. The maximum atomic E-state index is 14.8. The van der Waals surface area contributed by atoms with Crippen LogP contribution in [0.15, 0.2) is 30.5 Å². The fourth-order valence-electron chi connectivity index (χ4n) is 11.8. The highest BCUT2D eigenvalue weighted by molar-refractivity contribution is 5.73. The van der Waals surface area contributed by atoms with Crippen molar-refractivity contribution in [3.8, 4) is 0 Å². The Hall–Kier alpha value is -2.76. The van der Waals surface area contributed by atoms with E-state index in [-0.39, 0.29) is 25.2 Å². The molecule has 424 valence electrons. The van der Waals surface area contributed by atoms with Gasteiger partial charge in [0.15, 0.2) is 12.6 Å². The number of halogens is 1. The first kappa shape index (κ1) is 62.1. The first-order chi connectivity index (χ1) is 34.8. The summed E-state index contributed by atoms with van der Waals surface area (Å²) >= 11 is 0. The molecule has 19 heteroatoms. The van der Waals surface area contributed by atoms with Gasteiger partial charge in [0.25, 0.3) is 0 Å². The fraction of sp³-hybridized carbons (Fsp3) is 0.836. The largest absolute Gasteiger partial charge is 0.459 e. The van der Waals surface area contributed by atoms with Gasteiger partial charge in [0.2, 0.25) is 0 Å². The first-order valence-electron chi connectivity index (χ1n) is 27.1. The summed E-state index contributed by atoms with van der Waals surface area (Å²) in [5.74, 6) is -2.85. The van der Waals surface area contributed by atoms with Crippen LogP contribution in [-0.2, 0) is 50.8 Å². The molecule has 4 heterocycles. The lowest BCUT2D eigenvalue weighted by molar-refractivity contribution is -0.318. The molecular formula is C55H94FN5O13. The predicted molar refractivity (Wildman–Crippen MR) is 277 cm³/mol. The lowest BCUT2D eigenvalue weighted by Crippen LogP contribution is -2.61. The topological polar surface area (TPSA) is 220 Å². The summed E-state index contributed by atoms with van der Waals surface area (Å²) in [4.78, 5) is 18.4. The highest BCUT2D eigenvalue weighted by atomic mass is 19.1. The standard InChI is InChI=1S/C55H94FN5O13/c1-16-18-19-38-20-22-39(23-21-38)47(68-14)42(29-56)61-31-40(57-58-61)24-25-59(12)41-26-33(4)70-52(45(41)62)74-50-34(5)46(73-44-28-54(10,69-15)49(64)37(8)71-44)35(6)51(65)72-43(17-2)55(11,67)48(63)36(7)60(13)30-32(3)27-53(50,9)66/h20-23,31-37,41-50,52,62-64,66-67H,16-19,24-30H2,1-15H3/t32-,33-,34+,35-,36-,37+,41+,42-,43-,44+,45-,46+,47-,48-,49+,50-,52+,53-,54-,55-/m1/s1. The number of nitrogens with zero attached hydrogens (tertiary/aromatic N) is 5. The Morgan fingerprint density at radius 1 is 0.946 bits per heavy atom. The Labute approximate surface area is 440 Å². The SMILES string of the molecule is CCCCc1ccc([C@@H](OC)[C@@H](CF)n2cc(CCN(C)[C@H]3C[C@@H](C)O[C@@H](O[C@@H]4[C@@H](C)[C@H](O[C@H]5C[C@@](C)(OC)[C@@H](O)[C@H](C)O5)[C@@H](C)C(=O)O[C@H](CC)[C@@](C)(O)[C@H](O)[C@@H](C)N(C)C[C@H](C)C[C@@]4(C)O)[C@@H]3O)nn2)cc1. The highest BCUT2D eigenvalue weighted by Gasteiger charge is 2.53. The summed E-state index contributed by atoms with van der Waals surface area (Å²) in [6.45, 7) is 19.8. The number of methoxy groups -OCH3 is 2. The lowest BCUT2D eigenvalue weighted by atomic mass is 9.77. The number of alkyl halides is 1. The lowest BCUT2D eigenvalue weighted by Gasteiger charge is -2.49. The number of aryl methyl sites for hydroxylation is 1. The van der Waals surface area contributed by atoms with E-state index < -0.39 is 127 Å². The number of esters is 1. The summed E-state index contributed by atoms with van der Waals surface area (Å²) in [7, 11) is 6.79. The van der Waals surface area contributed by atoms with Gasteiger partial charge in [0, 0.05) is 64.3 Å². The van der Waals surface area contributed by atoms with Gasteiger partial charge in [-0.15, -0.1) is 5.10 Å². The van der Waals surface area contributed by atoms with E-state index in [0.717, 1.165) is 24.8 Å². The number of ether oxygens (including phenoxy) is 7. The number of hydrogen-bond acceptors (Lipinski definition) is 17.